The third-order valence-electron chi connectivity index (χ3n) is 3.35. The fourth-order valence-electron chi connectivity index (χ4n) is 2.29. The summed E-state index contributed by atoms with van der Waals surface area (Å²) in [5.41, 5.74) is 1.18. The molecular formula is C16H20BrNOS. The van der Waals surface area contributed by atoms with Gasteiger partial charge >= 0.3 is 0 Å². The number of nitrogens with one attached hydrogen (secondary N) is 1. The van der Waals surface area contributed by atoms with Crippen LogP contribution in [0, 0.1) is 5.92 Å². The monoisotopic (exact) mass is 353 g/mol. The van der Waals surface area contributed by atoms with Gasteiger partial charge in [-0.1, -0.05) is 29.8 Å². The van der Waals surface area contributed by atoms with Crippen molar-refractivity contribution < 1.29 is 4.74 Å². The molecule has 0 bridgehead atoms. The third-order valence-corrected chi connectivity index (χ3v) is 5.24. The number of benzene rings is 1. The van der Waals surface area contributed by atoms with E-state index in [9.17, 15) is 0 Å². The smallest absolute Gasteiger partial charge is 0.119 e. The number of halogens is 1. The molecule has 2 aromatic rings. The molecular weight excluding hydrogens is 334 g/mol. The molecule has 0 saturated carbocycles. The van der Waals surface area contributed by atoms with E-state index >= 15 is 0 Å². The molecule has 0 aliphatic carbocycles. The third kappa shape index (κ3) is 3.25. The lowest BCUT2D eigenvalue weighted by atomic mass is 10.0. The number of methoxy groups -OCH3 is 1. The van der Waals surface area contributed by atoms with Crippen molar-refractivity contribution in [3.63, 3.8) is 0 Å². The summed E-state index contributed by atoms with van der Waals surface area (Å²) in [7, 11) is 3.72. The van der Waals surface area contributed by atoms with Crippen LogP contribution in [-0.2, 0) is 0 Å². The quantitative estimate of drug-likeness (QED) is 0.806. The van der Waals surface area contributed by atoms with Gasteiger partial charge < -0.3 is 10.1 Å². The van der Waals surface area contributed by atoms with Gasteiger partial charge in [0, 0.05) is 25.8 Å². The molecule has 4 heteroatoms. The second-order valence-electron chi connectivity index (χ2n) is 5.06. The number of hydrogen-bond acceptors (Lipinski definition) is 3. The van der Waals surface area contributed by atoms with Gasteiger partial charge in [-0.3, -0.25) is 0 Å². The molecule has 0 radical (unpaired) electrons. The van der Waals surface area contributed by atoms with Gasteiger partial charge in [0.15, 0.2) is 0 Å². The van der Waals surface area contributed by atoms with Crippen LogP contribution in [0.3, 0.4) is 0 Å². The molecule has 0 spiro atoms. The van der Waals surface area contributed by atoms with Crippen molar-refractivity contribution in [2.24, 2.45) is 5.92 Å². The van der Waals surface area contributed by atoms with Gasteiger partial charge in [-0.2, -0.15) is 0 Å². The highest BCUT2D eigenvalue weighted by atomic mass is 79.9. The fraction of sp³-hybridized carbons (Fsp3) is 0.375. The van der Waals surface area contributed by atoms with Crippen LogP contribution in [-0.4, -0.2) is 14.2 Å². The number of ether oxygens (including phenoxy) is 1. The first-order valence-electron chi connectivity index (χ1n) is 6.67. The minimum Gasteiger partial charge on any atom is -0.497 e. The molecule has 2 rings (SSSR count). The topological polar surface area (TPSA) is 21.3 Å². The van der Waals surface area contributed by atoms with Crippen molar-refractivity contribution in [1.82, 2.24) is 5.32 Å². The Bertz CT molecular complexity index is 580. The summed E-state index contributed by atoms with van der Waals surface area (Å²) in [5, 5.41) is 3.39. The van der Waals surface area contributed by atoms with Crippen molar-refractivity contribution in [2.75, 3.05) is 14.2 Å². The summed E-state index contributed by atoms with van der Waals surface area (Å²) in [4.78, 5) is 2.62. The van der Waals surface area contributed by atoms with Gasteiger partial charge in [0.25, 0.3) is 0 Å². The van der Waals surface area contributed by atoms with Gasteiger partial charge in [-0.05, 0) is 43.3 Å². The summed E-state index contributed by atoms with van der Waals surface area (Å²) >= 11 is 5.46. The van der Waals surface area contributed by atoms with E-state index < -0.39 is 0 Å². The van der Waals surface area contributed by atoms with Crippen LogP contribution in [0.2, 0.25) is 0 Å². The highest BCUT2D eigenvalue weighted by Gasteiger charge is 2.17. The van der Waals surface area contributed by atoms with Crippen molar-refractivity contribution in [3.05, 3.63) is 39.7 Å². The second kappa shape index (κ2) is 6.74. The molecule has 0 aliphatic rings. The molecule has 1 N–H and O–H groups in total. The number of thiophene rings is 1. The van der Waals surface area contributed by atoms with Crippen LogP contribution in [0.5, 0.6) is 5.75 Å². The van der Waals surface area contributed by atoms with E-state index in [4.69, 9.17) is 4.74 Å². The van der Waals surface area contributed by atoms with E-state index in [1.54, 1.807) is 7.11 Å². The molecule has 0 aliphatic heterocycles. The van der Waals surface area contributed by atoms with Gasteiger partial charge in [-0.25, -0.2) is 0 Å². The zero-order valence-corrected chi connectivity index (χ0v) is 14.6. The van der Waals surface area contributed by atoms with Crippen molar-refractivity contribution in [1.29, 1.82) is 0 Å². The summed E-state index contributed by atoms with van der Waals surface area (Å²) in [6.07, 6.45) is 0. The SMILES string of the molecule is CNC(c1ccc(-c2cc(OC)ccc2Br)s1)C(C)C. The Labute approximate surface area is 133 Å². The summed E-state index contributed by atoms with van der Waals surface area (Å²) in [6.45, 7) is 4.48. The van der Waals surface area contributed by atoms with E-state index in [1.807, 2.05) is 30.5 Å². The maximum atomic E-state index is 5.32. The van der Waals surface area contributed by atoms with E-state index in [2.05, 4.69) is 53.3 Å². The second-order valence-corrected chi connectivity index (χ2v) is 7.03. The zero-order valence-electron chi connectivity index (χ0n) is 12.2. The Balaban J connectivity index is 2.37. The molecule has 1 aromatic heterocycles. The van der Waals surface area contributed by atoms with Crippen LogP contribution in [0.25, 0.3) is 10.4 Å². The maximum absolute atomic E-state index is 5.32. The predicted molar refractivity (Wildman–Crippen MR) is 90.6 cm³/mol. The number of rotatable bonds is 5. The molecule has 1 aromatic carbocycles. The maximum Gasteiger partial charge on any atom is 0.119 e. The predicted octanol–water partition coefficient (Wildman–Crippen LogP) is 5.10. The Morgan fingerprint density at radius 3 is 2.55 bits per heavy atom. The first-order chi connectivity index (χ1) is 9.56. The lowest BCUT2D eigenvalue weighted by molar-refractivity contribution is 0.415. The molecule has 20 heavy (non-hydrogen) atoms. The van der Waals surface area contributed by atoms with Gasteiger partial charge in [0.1, 0.15) is 5.75 Å². The van der Waals surface area contributed by atoms with E-state index in [0.29, 0.717) is 12.0 Å². The van der Waals surface area contributed by atoms with Crippen LogP contribution in [0.15, 0.2) is 34.8 Å². The highest BCUT2D eigenvalue weighted by Crippen LogP contribution is 2.38. The standard InChI is InChI=1S/C16H20BrNOS/c1-10(2)16(18-3)15-8-7-14(20-15)12-9-11(19-4)5-6-13(12)17/h5-10,16,18H,1-4H3. The molecule has 1 atom stereocenters. The fourth-order valence-corrected chi connectivity index (χ4v) is 4.20. The molecule has 0 amide bonds. The van der Waals surface area contributed by atoms with Gasteiger partial charge in [0.05, 0.1) is 7.11 Å². The van der Waals surface area contributed by atoms with Crippen LogP contribution in [0.1, 0.15) is 24.8 Å². The normalized spacial score (nSPS) is 12.7. The summed E-state index contributed by atoms with van der Waals surface area (Å²) in [6, 6.07) is 10.9. The Morgan fingerprint density at radius 1 is 1.20 bits per heavy atom. The average molecular weight is 354 g/mol. The summed E-state index contributed by atoms with van der Waals surface area (Å²) in [5.74, 6) is 1.45. The largest absolute Gasteiger partial charge is 0.497 e. The Morgan fingerprint density at radius 2 is 1.95 bits per heavy atom. The van der Waals surface area contributed by atoms with Crippen LogP contribution < -0.4 is 10.1 Å². The lowest BCUT2D eigenvalue weighted by Gasteiger charge is -2.18. The van der Waals surface area contributed by atoms with Crippen molar-refractivity contribution in [3.8, 4) is 16.2 Å². The van der Waals surface area contributed by atoms with E-state index in [0.717, 1.165) is 10.2 Å². The number of hydrogen-bond donors (Lipinski definition) is 1. The van der Waals surface area contributed by atoms with E-state index in [-0.39, 0.29) is 0 Å². The Hall–Kier alpha value is -0.840. The minimum atomic E-state index is 0.401. The van der Waals surface area contributed by atoms with Crippen LogP contribution >= 0.6 is 27.3 Å². The van der Waals surface area contributed by atoms with Crippen molar-refractivity contribution in [2.45, 2.75) is 19.9 Å². The van der Waals surface area contributed by atoms with Crippen molar-refractivity contribution >= 4 is 27.3 Å². The average Bonchev–Trinajstić information content (AvgIpc) is 2.89. The van der Waals surface area contributed by atoms with Gasteiger partial charge in [-0.15, -0.1) is 11.3 Å². The minimum absolute atomic E-state index is 0.401. The first kappa shape index (κ1) is 15.5. The molecule has 108 valence electrons. The highest BCUT2D eigenvalue weighted by molar-refractivity contribution is 9.10. The molecule has 0 fully saturated rings. The molecule has 1 heterocycles. The Kier molecular flexibility index (Phi) is 5.24. The molecule has 0 saturated heterocycles. The van der Waals surface area contributed by atoms with Gasteiger partial charge in [0.2, 0.25) is 0 Å². The lowest BCUT2D eigenvalue weighted by Crippen LogP contribution is -2.20. The molecule has 1 unspecified atom stereocenters. The van der Waals surface area contributed by atoms with Crippen LogP contribution in [0.4, 0.5) is 0 Å². The zero-order chi connectivity index (χ0) is 14.7. The first-order valence-corrected chi connectivity index (χ1v) is 8.28. The van der Waals surface area contributed by atoms with E-state index in [1.165, 1.54) is 15.3 Å². The molecule has 2 nitrogen and oxygen atoms in total. The summed E-state index contributed by atoms with van der Waals surface area (Å²) < 4.78 is 6.41.